The van der Waals surface area contributed by atoms with Crippen LogP contribution in [0.15, 0.2) is 58.1 Å². The van der Waals surface area contributed by atoms with Crippen LogP contribution in [-0.2, 0) is 6.54 Å². The van der Waals surface area contributed by atoms with Crippen molar-refractivity contribution in [3.8, 4) is 0 Å². The molecule has 0 aliphatic carbocycles. The van der Waals surface area contributed by atoms with Gasteiger partial charge in [0.15, 0.2) is 6.39 Å². The highest BCUT2D eigenvalue weighted by molar-refractivity contribution is 6.07. The third-order valence-electron chi connectivity index (χ3n) is 2.44. The zero-order chi connectivity index (χ0) is 16.4. The molecule has 2 rings (SSSR count). The molecule has 0 amide bonds. The molecule has 1 aromatic heterocycles. The second-order valence-corrected chi connectivity index (χ2v) is 4.22. The van der Waals surface area contributed by atoms with Gasteiger partial charge < -0.3 is 15.9 Å². The summed E-state index contributed by atoms with van der Waals surface area (Å²) < 4.78 is 18.4. The molecule has 22 heavy (non-hydrogen) atoms. The normalized spacial score (nSPS) is 11.5. The molecule has 0 bridgehead atoms. The lowest BCUT2D eigenvalue weighted by Crippen LogP contribution is -2.03. The first-order chi connectivity index (χ1) is 10.6. The number of allylic oxidation sites excluding steroid dienone is 2. The van der Waals surface area contributed by atoms with Crippen molar-refractivity contribution in [2.45, 2.75) is 13.5 Å². The van der Waals surface area contributed by atoms with Gasteiger partial charge in [0.05, 0.1) is 18.6 Å². The number of oxazole rings is 1. The van der Waals surface area contributed by atoms with E-state index in [-0.39, 0.29) is 12.4 Å². The average Bonchev–Trinajstić information content (AvgIpc) is 2.99. The Balaban J connectivity index is 0.000000745. The number of rotatable bonds is 4. The van der Waals surface area contributed by atoms with Gasteiger partial charge in [0.25, 0.3) is 0 Å². The summed E-state index contributed by atoms with van der Waals surface area (Å²) >= 11 is 0. The highest BCUT2D eigenvalue weighted by atomic mass is 19.1. The molecular weight excluding hydrogens is 285 g/mol. The van der Waals surface area contributed by atoms with Crippen molar-refractivity contribution in [1.29, 1.82) is 5.41 Å². The highest BCUT2D eigenvalue weighted by Crippen LogP contribution is 2.09. The minimum Gasteiger partial charge on any atom is -0.451 e. The van der Waals surface area contributed by atoms with Crippen molar-refractivity contribution >= 4 is 12.1 Å². The molecule has 1 aromatic carbocycles. The molecule has 1 heterocycles. The second-order valence-electron chi connectivity index (χ2n) is 4.22. The van der Waals surface area contributed by atoms with E-state index in [9.17, 15) is 4.39 Å². The maximum atomic E-state index is 13.5. The largest absolute Gasteiger partial charge is 0.451 e. The summed E-state index contributed by atoms with van der Waals surface area (Å²) in [6.45, 7) is 1.97. The Bertz CT molecular complexity index is 646. The number of hydrogen-bond acceptors (Lipinski definition) is 5. The van der Waals surface area contributed by atoms with E-state index in [4.69, 9.17) is 15.6 Å². The topological polar surface area (TPSA) is 114 Å². The van der Waals surface area contributed by atoms with Crippen molar-refractivity contribution in [2.75, 3.05) is 0 Å². The van der Waals surface area contributed by atoms with Gasteiger partial charge in [-0.15, -0.1) is 0 Å². The molecule has 0 spiro atoms. The fourth-order valence-corrected chi connectivity index (χ4v) is 1.55. The Morgan fingerprint density at radius 2 is 2.14 bits per heavy atom. The Kier molecular flexibility index (Phi) is 7.04. The number of halogens is 1. The van der Waals surface area contributed by atoms with Crippen LogP contribution in [-0.4, -0.2) is 17.0 Å². The van der Waals surface area contributed by atoms with Gasteiger partial charge in [-0.05, 0) is 19.1 Å². The highest BCUT2D eigenvalue weighted by Gasteiger charge is 2.05. The fourth-order valence-electron chi connectivity index (χ4n) is 1.55. The predicted molar refractivity (Wildman–Crippen MR) is 84.1 cm³/mol. The summed E-state index contributed by atoms with van der Waals surface area (Å²) in [5, 5.41) is 5.86. The molecule has 0 saturated carbocycles. The van der Waals surface area contributed by atoms with Gasteiger partial charge in [-0.2, -0.15) is 0 Å². The molecular formula is C15H18FN5O. The molecule has 0 radical (unpaired) electrons. The van der Waals surface area contributed by atoms with Gasteiger partial charge in [-0.25, -0.2) is 9.37 Å². The summed E-state index contributed by atoms with van der Waals surface area (Å²) in [7, 11) is 0. The third-order valence-corrected chi connectivity index (χ3v) is 2.44. The summed E-state index contributed by atoms with van der Waals surface area (Å²) in [5.74, 6) is -0.279. The number of nitrogens with one attached hydrogen (secondary N) is 1. The first-order valence-corrected chi connectivity index (χ1v) is 6.39. The van der Waals surface area contributed by atoms with E-state index >= 15 is 0 Å². The van der Waals surface area contributed by atoms with Gasteiger partial charge >= 0.3 is 0 Å². The Morgan fingerprint density at radius 3 is 2.68 bits per heavy atom. The zero-order valence-corrected chi connectivity index (χ0v) is 12.2. The maximum absolute atomic E-state index is 13.5. The number of aliphatic imine (C=N–C) groups is 1. The van der Waals surface area contributed by atoms with Crippen LogP contribution >= 0.6 is 0 Å². The van der Waals surface area contributed by atoms with Gasteiger partial charge in [-0.3, -0.25) is 10.4 Å². The van der Waals surface area contributed by atoms with Crippen molar-refractivity contribution < 1.29 is 8.81 Å². The van der Waals surface area contributed by atoms with Crippen LogP contribution in [0.25, 0.3) is 0 Å². The van der Waals surface area contributed by atoms with Gasteiger partial charge in [0.2, 0.25) is 0 Å². The van der Waals surface area contributed by atoms with Gasteiger partial charge in [-0.1, -0.05) is 18.2 Å². The van der Waals surface area contributed by atoms with Crippen molar-refractivity contribution in [3.05, 3.63) is 65.8 Å². The number of nitrogens with two attached hydrogens (primary N) is 2. The van der Waals surface area contributed by atoms with Crippen LogP contribution in [0, 0.1) is 11.2 Å². The van der Waals surface area contributed by atoms with Crippen LogP contribution in [0.3, 0.4) is 0 Å². The Morgan fingerprint density at radius 1 is 1.45 bits per heavy atom. The summed E-state index contributed by atoms with van der Waals surface area (Å²) in [4.78, 5) is 8.35. The smallest absolute Gasteiger partial charge is 0.181 e. The standard InChI is InChI=1S/C14H14FN3O.CH4N2/c1-10(16)6-13(14-8-19-9-18-14)17-7-11-4-2-3-5-12(11)15;2-1-3/h2-6,8-9H,7,16H2,1H3;1H,(H3,2,3)/b10-6-,17-13?;. The monoisotopic (exact) mass is 303 g/mol. The second kappa shape index (κ2) is 9.06. The number of aromatic nitrogens is 1. The molecule has 0 fully saturated rings. The molecule has 0 atom stereocenters. The van der Waals surface area contributed by atoms with E-state index in [1.807, 2.05) is 0 Å². The van der Waals surface area contributed by atoms with E-state index < -0.39 is 0 Å². The zero-order valence-electron chi connectivity index (χ0n) is 12.2. The fraction of sp³-hybridized carbons (Fsp3) is 0.133. The van der Waals surface area contributed by atoms with E-state index in [0.29, 0.717) is 22.7 Å². The number of hydrogen-bond donors (Lipinski definition) is 3. The minimum atomic E-state index is -0.279. The van der Waals surface area contributed by atoms with Crippen molar-refractivity contribution in [2.24, 2.45) is 16.5 Å². The lowest BCUT2D eigenvalue weighted by molar-refractivity contribution is 0.557. The molecule has 0 unspecified atom stereocenters. The Hall–Kier alpha value is -2.96. The lowest BCUT2D eigenvalue weighted by atomic mass is 10.2. The molecule has 116 valence electrons. The molecule has 0 aliphatic rings. The van der Waals surface area contributed by atoms with E-state index in [2.05, 4.69) is 15.7 Å². The predicted octanol–water partition coefficient (Wildman–Crippen LogP) is 2.22. The molecule has 0 aliphatic heterocycles. The first kappa shape index (κ1) is 17.1. The average molecular weight is 303 g/mol. The van der Waals surface area contributed by atoms with Crippen LogP contribution in [0.5, 0.6) is 0 Å². The van der Waals surface area contributed by atoms with Crippen LogP contribution in [0.2, 0.25) is 0 Å². The number of benzene rings is 1. The van der Waals surface area contributed by atoms with Crippen LogP contribution in [0.1, 0.15) is 18.2 Å². The van der Waals surface area contributed by atoms with E-state index in [0.717, 1.165) is 6.34 Å². The Labute approximate surface area is 127 Å². The summed E-state index contributed by atoms with van der Waals surface area (Å²) in [6, 6.07) is 6.52. The van der Waals surface area contributed by atoms with E-state index in [1.54, 1.807) is 31.2 Å². The molecule has 0 saturated heterocycles. The van der Waals surface area contributed by atoms with Gasteiger partial charge in [0, 0.05) is 11.3 Å². The van der Waals surface area contributed by atoms with Crippen LogP contribution < -0.4 is 11.5 Å². The van der Waals surface area contributed by atoms with E-state index in [1.165, 1.54) is 18.7 Å². The molecule has 7 heteroatoms. The maximum Gasteiger partial charge on any atom is 0.181 e. The summed E-state index contributed by atoms with van der Waals surface area (Å²) in [6.07, 6.45) is 5.21. The number of nitrogens with zero attached hydrogens (tertiary/aromatic N) is 2. The summed E-state index contributed by atoms with van der Waals surface area (Å²) in [5.41, 5.74) is 12.3. The molecule has 2 aromatic rings. The van der Waals surface area contributed by atoms with Crippen molar-refractivity contribution in [3.63, 3.8) is 0 Å². The van der Waals surface area contributed by atoms with Crippen molar-refractivity contribution in [1.82, 2.24) is 4.98 Å². The first-order valence-electron chi connectivity index (χ1n) is 6.39. The quantitative estimate of drug-likeness (QED) is 0.593. The van der Waals surface area contributed by atoms with Crippen LogP contribution in [0.4, 0.5) is 4.39 Å². The molecule has 6 nitrogen and oxygen atoms in total. The molecule has 5 N–H and O–H groups in total. The third kappa shape index (κ3) is 5.58. The minimum absolute atomic E-state index is 0.221. The SMILES string of the molecule is C/C(N)=C/C(=NCc1ccccc1F)c1cocn1.N=CN. The van der Waals surface area contributed by atoms with Gasteiger partial charge in [0.1, 0.15) is 17.8 Å². The lowest BCUT2D eigenvalue weighted by Gasteiger charge is -2.01.